The predicted octanol–water partition coefficient (Wildman–Crippen LogP) is 3.40. The van der Waals surface area contributed by atoms with Crippen molar-refractivity contribution < 1.29 is 23.5 Å². The summed E-state index contributed by atoms with van der Waals surface area (Å²) < 4.78 is 23.6. The molecule has 3 rings (SSSR count). The zero-order valence-corrected chi connectivity index (χ0v) is 17.5. The van der Waals surface area contributed by atoms with Crippen LogP contribution in [0.2, 0.25) is 0 Å². The average Bonchev–Trinajstić information content (AvgIpc) is 2.77. The summed E-state index contributed by atoms with van der Waals surface area (Å²) in [5.41, 5.74) is 0.583. The van der Waals surface area contributed by atoms with Crippen LogP contribution >= 0.6 is 0 Å². The summed E-state index contributed by atoms with van der Waals surface area (Å²) in [5.74, 6) is 0.480. The second-order valence-electron chi connectivity index (χ2n) is 7.80. The maximum absolute atomic E-state index is 13.1. The molecule has 160 valence electrons. The van der Waals surface area contributed by atoms with Gasteiger partial charge in [0.15, 0.2) is 0 Å². The molecule has 0 saturated carbocycles. The number of nitrogens with one attached hydrogen (secondary N) is 1. The number of halogens is 1. The fourth-order valence-electron chi connectivity index (χ4n) is 3.71. The van der Waals surface area contributed by atoms with Crippen LogP contribution in [0, 0.1) is 11.2 Å². The summed E-state index contributed by atoms with van der Waals surface area (Å²) in [6.07, 6.45) is 1.42. The standard InChI is InChI=1S/C23H27FN2O4/c1-23(22(28)25-14-16-5-7-18(24)8-6-16)9-4-10-26(15-23)21(27)17-11-19(29-2)13-20(12-17)30-3/h5-8,11-13H,4,9-10,14-15H2,1-3H3,(H,25,28)/t23-/m1/s1. The first-order valence-corrected chi connectivity index (χ1v) is 9.90. The highest BCUT2D eigenvalue weighted by molar-refractivity contribution is 5.96. The summed E-state index contributed by atoms with van der Waals surface area (Å²) in [6.45, 7) is 3.09. The Hall–Kier alpha value is -3.09. The van der Waals surface area contributed by atoms with Crippen LogP contribution in [0.15, 0.2) is 42.5 Å². The third-order valence-electron chi connectivity index (χ3n) is 5.50. The number of hydrogen-bond donors (Lipinski definition) is 1. The minimum absolute atomic E-state index is 0.118. The van der Waals surface area contributed by atoms with Gasteiger partial charge in [-0.15, -0.1) is 0 Å². The van der Waals surface area contributed by atoms with E-state index in [2.05, 4.69) is 5.32 Å². The number of carbonyl (C=O) groups excluding carboxylic acids is 2. The van der Waals surface area contributed by atoms with Gasteiger partial charge in [0.05, 0.1) is 19.6 Å². The van der Waals surface area contributed by atoms with E-state index in [0.29, 0.717) is 43.1 Å². The van der Waals surface area contributed by atoms with Crippen molar-refractivity contribution in [3.05, 3.63) is 59.4 Å². The molecule has 0 aromatic heterocycles. The van der Waals surface area contributed by atoms with Crippen molar-refractivity contribution in [3.8, 4) is 11.5 Å². The van der Waals surface area contributed by atoms with Gasteiger partial charge >= 0.3 is 0 Å². The van der Waals surface area contributed by atoms with E-state index < -0.39 is 5.41 Å². The summed E-state index contributed by atoms with van der Waals surface area (Å²) in [5, 5.41) is 2.93. The van der Waals surface area contributed by atoms with E-state index in [9.17, 15) is 14.0 Å². The van der Waals surface area contributed by atoms with Crippen LogP contribution in [0.3, 0.4) is 0 Å². The molecule has 1 N–H and O–H groups in total. The first kappa shape index (κ1) is 21.6. The van der Waals surface area contributed by atoms with Gasteiger partial charge in [0.1, 0.15) is 17.3 Å². The van der Waals surface area contributed by atoms with E-state index in [1.54, 1.807) is 35.2 Å². The highest BCUT2D eigenvalue weighted by Crippen LogP contribution is 2.32. The Balaban J connectivity index is 1.69. The van der Waals surface area contributed by atoms with Gasteiger partial charge in [0.25, 0.3) is 5.91 Å². The van der Waals surface area contributed by atoms with Gasteiger partial charge in [0, 0.05) is 31.3 Å². The maximum atomic E-state index is 13.1. The largest absolute Gasteiger partial charge is 0.497 e. The third-order valence-corrected chi connectivity index (χ3v) is 5.50. The maximum Gasteiger partial charge on any atom is 0.254 e. The monoisotopic (exact) mass is 414 g/mol. The molecule has 1 atom stereocenters. The van der Waals surface area contributed by atoms with Crippen molar-refractivity contribution in [1.29, 1.82) is 0 Å². The Morgan fingerprint density at radius 1 is 1.10 bits per heavy atom. The number of methoxy groups -OCH3 is 2. The zero-order valence-electron chi connectivity index (χ0n) is 17.5. The molecule has 30 heavy (non-hydrogen) atoms. The minimum atomic E-state index is -0.698. The number of nitrogens with zero attached hydrogens (tertiary/aromatic N) is 1. The molecule has 1 aliphatic rings. The second kappa shape index (κ2) is 9.15. The molecule has 6 nitrogen and oxygen atoms in total. The topological polar surface area (TPSA) is 67.9 Å². The summed E-state index contributed by atoms with van der Waals surface area (Å²) in [7, 11) is 3.07. The third kappa shape index (κ3) is 4.90. The molecule has 0 unspecified atom stereocenters. The lowest BCUT2D eigenvalue weighted by Gasteiger charge is -2.39. The molecule has 1 saturated heterocycles. The lowest BCUT2D eigenvalue weighted by molar-refractivity contribution is -0.132. The van der Waals surface area contributed by atoms with Gasteiger partial charge < -0.3 is 19.7 Å². The molecule has 2 aromatic rings. The summed E-state index contributed by atoms with van der Waals surface area (Å²) in [4.78, 5) is 27.7. The van der Waals surface area contributed by atoms with E-state index in [4.69, 9.17) is 9.47 Å². The number of hydrogen-bond acceptors (Lipinski definition) is 4. The lowest BCUT2D eigenvalue weighted by Crippen LogP contribution is -2.51. The molecule has 7 heteroatoms. The molecule has 0 radical (unpaired) electrons. The summed E-state index contributed by atoms with van der Waals surface area (Å²) in [6, 6.07) is 11.1. The molecule has 0 aliphatic carbocycles. The van der Waals surface area contributed by atoms with E-state index in [0.717, 1.165) is 12.0 Å². The molecular formula is C23H27FN2O4. The van der Waals surface area contributed by atoms with Gasteiger partial charge in [-0.25, -0.2) is 4.39 Å². The summed E-state index contributed by atoms with van der Waals surface area (Å²) >= 11 is 0. The van der Waals surface area contributed by atoms with E-state index in [-0.39, 0.29) is 17.6 Å². The Morgan fingerprint density at radius 3 is 2.33 bits per heavy atom. The second-order valence-corrected chi connectivity index (χ2v) is 7.80. The van der Waals surface area contributed by atoms with Gasteiger partial charge in [-0.05, 0) is 49.6 Å². The fraction of sp³-hybridized carbons (Fsp3) is 0.391. The van der Waals surface area contributed by atoms with Gasteiger partial charge in [-0.3, -0.25) is 9.59 Å². The molecule has 1 heterocycles. The Bertz CT molecular complexity index is 894. The van der Waals surface area contributed by atoms with Crippen molar-refractivity contribution >= 4 is 11.8 Å². The SMILES string of the molecule is COc1cc(OC)cc(C(=O)N2CCC[C@@](C)(C(=O)NCc3ccc(F)cc3)C2)c1. The van der Waals surface area contributed by atoms with Crippen LogP contribution < -0.4 is 14.8 Å². The van der Waals surface area contributed by atoms with Gasteiger partial charge in [-0.1, -0.05) is 12.1 Å². The van der Waals surface area contributed by atoms with Crippen LogP contribution in [0.4, 0.5) is 4.39 Å². The van der Waals surface area contributed by atoms with Crippen LogP contribution in [0.1, 0.15) is 35.7 Å². The number of rotatable bonds is 6. The van der Waals surface area contributed by atoms with Crippen LogP contribution in [-0.2, 0) is 11.3 Å². The zero-order chi connectivity index (χ0) is 21.7. The number of piperidine rings is 1. The Kier molecular flexibility index (Phi) is 6.59. The average molecular weight is 414 g/mol. The molecule has 2 amide bonds. The lowest BCUT2D eigenvalue weighted by atomic mass is 9.80. The van der Waals surface area contributed by atoms with Crippen LogP contribution in [0.5, 0.6) is 11.5 Å². The van der Waals surface area contributed by atoms with Crippen molar-refractivity contribution in [2.24, 2.45) is 5.41 Å². The quantitative estimate of drug-likeness (QED) is 0.787. The van der Waals surface area contributed by atoms with Gasteiger partial charge in [-0.2, -0.15) is 0 Å². The smallest absolute Gasteiger partial charge is 0.254 e. The first-order valence-electron chi connectivity index (χ1n) is 9.90. The molecule has 2 aromatic carbocycles. The first-order chi connectivity index (χ1) is 14.3. The molecule has 0 bridgehead atoms. The van der Waals surface area contributed by atoms with Crippen LogP contribution in [0.25, 0.3) is 0 Å². The van der Waals surface area contributed by atoms with Crippen molar-refractivity contribution in [2.45, 2.75) is 26.3 Å². The van der Waals surface area contributed by atoms with Crippen molar-refractivity contribution in [3.63, 3.8) is 0 Å². The normalized spacial score (nSPS) is 18.6. The van der Waals surface area contributed by atoms with Crippen molar-refractivity contribution in [2.75, 3.05) is 27.3 Å². The van der Waals surface area contributed by atoms with E-state index in [1.165, 1.54) is 26.4 Å². The number of carbonyl (C=O) groups is 2. The van der Waals surface area contributed by atoms with E-state index in [1.807, 2.05) is 6.92 Å². The fourth-order valence-corrected chi connectivity index (χ4v) is 3.71. The van der Waals surface area contributed by atoms with Gasteiger partial charge in [0.2, 0.25) is 5.91 Å². The highest BCUT2D eigenvalue weighted by atomic mass is 19.1. The Labute approximate surface area is 176 Å². The number of benzene rings is 2. The number of likely N-dealkylation sites (tertiary alicyclic amines) is 1. The molecular weight excluding hydrogens is 387 g/mol. The molecule has 0 spiro atoms. The minimum Gasteiger partial charge on any atom is -0.497 e. The molecule has 1 aliphatic heterocycles. The Morgan fingerprint density at radius 2 is 1.73 bits per heavy atom. The predicted molar refractivity (Wildman–Crippen MR) is 111 cm³/mol. The highest BCUT2D eigenvalue weighted by Gasteiger charge is 2.39. The number of amides is 2. The number of ether oxygens (including phenoxy) is 2. The van der Waals surface area contributed by atoms with E-state index >= 15 is 0 Å². The van der Waals surface area contributed by atoms with Crippen LogP contribution in [-0.4, -0.2) is 44.0 Å². The van der Waals surface area contributed by atoms with Crippen molar-refractivity contribution in [1.82, 2.24) is 10.2 Å². The molecule has 1 fully saturated rings.